The van der Waals surface area contributed by atoms with Crippen LogP contribution in [0.4, 0.5) is 4.79 Å². The number of hydrogen-bond donors (Lipinski definition) is 2. The zero-order valence-corrected chi connectivity index (χ0v) is 16.8. The van der Waals surface area contributed by atoms with Gasteiger partial charge in [-0.05, 0) is 36.5 Å². The van der Waals surface area contributed by atoms with Crippen LogP contribution >= 0.6 is 0 Å². The minimum atomic E-state index is -0.191. The second-order valence-electron chi connectivity index (χ2n) is 7.36. The summed E-state index contributed by atoms with van der Waals surface area (Å²) in [5.41, 5.74) is 2.14. The Morgan fingerprint density at radius 3 is 2.41 bits per heavy atom. The highest BCUT2D eigenvalue weighted by atomic mass is 16.5. The van der Waals surface area contributed by atoms with Crippen molar-refractivity contribution in [2.45, 2.75) is 45.2 Å². The molecule has 0 fully saturated rings. The van der Waals surface area contributed by atoms with Crippen LogP contribution in [0.2, 0.25) is 0 Å². The fourth-order valence-electron chi connectivity index (χ4n) is 3.27. The van der Waals surface area contributed by atoms with Crippen molar-refractivity contribution < 1.29 is 14.3 Å². The molecule has 2 amide bonds. The summed E-state index contributed by atoms with van der Waals surface area (Å²) in [5.74, 6) is 1.41. The maximum absolute atomic E-state index is 12.3. The maximum Gasteiger partial charge on any atom is 0.315 e. The molecule has 2 N–H and O–H groups in total. The quantitative estimate of drug-likeness (QED) is 0.730. The molecule has 0 aliphatic carbocycles. The van der Waals surface area contributed by atoms with Crippen LogP contribution in [0.25, 0.3) is 0 Å². The van der Waals surface area contributed by atoms with Crippen molar-refractivity contribution in [2.24, 2.45) is 0 Å². The minimum absolute atomic E-state index is 0.0207. The number of benzene rings is 2. The van der Waals surface area contributed by atoms with E-state index in [1.165, 1.54) is 5.56 Å². The average Bonchev–Trinajstić information content (AvgIpc) is 2.66. The summed E-state index contributed by atoms with van der Waals surface area (Å²) >= 11 is 0. The van der Waals surface area contributed by atoms with Gasteiger partial charge in [-0.15, -0.1) is 0 Å². The predicted octanol–water partition coefficient (Wildman–Crippen LogP) is 4.26. The predicted molar refractivity (Wildman–Crippen MR) is 108 cm³/mol. The van der Waals surface area contributed by atoms with Crippen molar-refractivity contribution in [3.8, 4) is 11.5 Å². The first-order chi connectivity index (χ1) is 12.9. The zero-order valence-electron chi connectivity index (χ0n) is 16.8. The van der Waals surface area contributed by atoms with Gasteiger partial charge in [0.15, 0.2) is 0 Å². The first kappa shape index (κ1) is 20.6. The van der Waals surface area contributed by atoms with Crippen molar-refractivity contribution in [1.29, 1.82) is 0 Å². The van der Waals surface area contributed by atoms with Gasteiger partial charge in [-0.1, -0.05) is 44.2 Å². The fraction of sp³-hybridized carbons (Fsp3) is 0.409. The van der Waals surface area contributed by atoms with Crippen LogP contribution < -0.4 is 20.1 Å². The highest BCUT2D eigenvalue weighted by Gasteiger charge is 2.24. The summed E-state index contributed by atoms with van der Waals surface area (Å²) < 4.78 is 10.6. The number of hydrogen-bond acceptors (Lipinski definition) is 3. The van der Waals surface area contributed by atoms with E-state index in [1.54, 1.807) is 20.3 Å². The molecule has 2 aromatic carbocycles. The van der Waals surface area contributed by atoms with Gasteiger partial charge in [0, 0.05) is 24.2 Å². The van der Waals surface area contributed by atoms with E-state index in [-0.39, 0.29) is 17.5 Å². The monoisotopic (exact) mass is 370 g/mol. The fourth-order valence-corrected chi connectivity index (χ4v) is 3.27. The summed E-state index contributed by atoms with van der Waals surface area (Å²) in [7, 11) is 3.21. The summed E-state index contributed by atoms with van der Waals surface area (Å²) in [6.45, 7) is 6.80. The number of methoxy groups -OCH3 is 2. The Bertz CT molecular complexity index is 744. The van der Waals surface area contributed by atoms with E-state index in [9.17, 15) is 4.79 Å². The van der Waals surface area contributed by atoms with Gasteiger partial charge in [-0.3, -0.25) is 0 Å². The molecule has 0 aliphatic heterocycles. The zero-order chi connectivity index (χ0) is 19.9. The van der Waals surface area contributed by atoms with E-state index < -0.39 is 0 Å². The Morgan fingerprint density at radius 1 is 1.07 bits per heavy atom. The van der Waals surface area contributed by atoms with Gasteiger partial charge >= 0.3 is 6.03 Å². The summed E-state index contributed by atoms with van der Waals surface area (Å²) in [6.07, 6.45) is 0.844. The molecule has 0 aromatic heterocycles. The first-order valence-electron chi connectivity index (χ1n) is 9.16. The number of carbonyl (C=O) groups excluding carboxylic acids is 1. The van der Waals surface area contributed by atoms with Crippen LogP contribution in [0.3, 0.4) is 0 Å². The summed E-state index contributed by atoms with van der Waals surface area (Å²) in [5, 5.41) is 5.92. The van der Waals surface area contributed by atoms with E-state index in [0.29, 0.717) is 12.3 Å². The van der Waals surface area contributed by atoms with Crippen LogP contribution in [0.1, 0.15) is 38.3 Å². The molecule has 2 aromatic rings. The summed E-state index contributed by atoms with van der Waals surface area (Å²) in [4.78, 5) is 12.3. The Morgan fingerprint density at radius 2 is 1.78 bits per heavy atom. The lowest BCUT2D eigenvalue weighted by Gasteiger charge is -2.29. The number of nitrogens with one attached hydrogen (secondary N) is 2. The van der Waals surface area contributed by atoms with Gasteiger partial charge in [-0.25, -0.2) is 4.79 Å². The molecular weight excluding hydrogens is 340 g/mol. The average molecular weight is 370 g/mol. The summed E-state index contributed by atoms with van der Waals surface area (Å²) in [6, 6.07) is 15.8. The third-order valence-electron chi connectivity index (χ3n) is 4.68. The molecule has 0 aliphatic rings. The number of carbonyl (C=O) groups is 1. The molecule has 27 heavy (non-hydrogen) atoms. The van der Waals surface area contributed by atoms with Crippen LogP contribution in [0.5, 0.6) is 11.5 Å². The van der Waals surface area contributed by atoms with E-state index in [4.69, 9.17) is 9.47 Å². The Kier molecular flexibility index (Phi) is 7.11. The maximum atomic E-state index is 12.3. The molecule has 0 saturated carbocycles. The molecule has 1 unspecified atom stereocenters. The molecule has 2 rings (SSSR count). The van der Waals surface area contributed by atoms with Crippen LogP contribution in [-0.2, 0) is 12.0 Å². The van der Waals surface area contributed by atoms with E-state index in [2.05, 4.69) is 36.6 Å². The third-order valence-corrected chi connectivity index (χ3v) is 4.68. The molecule has 0 bridgehead atoms. The van der Waals surface area contributed by atoms with E-state index >= 15 is 0 Å². The number of amides is 2. The van der Waals surface area contributed by atoms with Crippen LogP contribution in [-0.4, -0.2) is 26.3 Å². The number of ether oxygens (including phenoxy) is 2. The Labute approximate surface area is 162 Å². The van der Waals surface area contributed by atoms with Crippen molar-refractivity contribution in [3.63, 3.8) is 0 Å². The van der Waals surface area contributed by atoms with Gasteiger partial charge < -0.3 is 20.1 Å². The SMILES string of the molecule is COc1ccc(CNC(=O)NC(C)CC(C)(C)c2ccccc2)c(OC)c1. The molecule has 5 nitrogen and oxygen atoms in total. The second-order valence-corrected chi connectivity index (χ2v) is 7.36. The molecule has 146 valence electrons. The van der Waals surface area contributed by atoms with Gasteiger partial charge in [-0.2, -0.15) is 0 Å². The lowest BCUT2D eigenvalue weighted by Crippen LogP contribution is -2.42. The molecule has 0 heterocycles. The van der Waals surface area contributed by atoms with Gasteiger partial charge in [0.25, 0.3) is 0 Å². The van der Waals surface area contributed by atoms with Gasteiger partial charge in [0.05, 0.1) is 14.2 Å². The van der Waals surface area contributed by atoms with Crippen molar-refractivity contribution in [1.82, 2.24) is 10.6 Å². The molecule has 5 heteroatoms. The van der Waals surface area contributed by atoms with E-state index in [0.717, 1.165) is 17.7 Å². The standard InChI is InChI=1S/C22H30N2O3/c1-16(14-22(2,3)18-9-7-6-8-10-18)24-21(25)23-15-17-11-12-19(26-4)13-20(17)27-5/h6-13,16H,14-15H2,1-5H3,(H2,23,24,25). The Hall–Kier alpha value is -2.69. The molecular formula is C22H30N2O3. The normalized spacial score (nSPS) is 12.2. The van der Waals surface area contributed by atoms with Crippen molar-refractivity contribution in [2.75, 3.05) is 14.2 Å². The largest absolute Gasteiger partial charge is 0.497 e. The van der Waals surface area contributed by atoms with Gasteiger partial charge in [0.2, 0.25) is 0 Å². The topological polar surface area (TPSA) is 59.6 Å². The highest BCUT2D eigenvalue weighted by molar-refractivity contribution is 5.74. The smallest absolute Gasteiger partial charge is 0.315 e. The highest BCUT2D eigenvalue weighted by Crippen LogP contribution is 2.28. The molecule has 0 spiro atoms. The number of urea groups is 1. The number of rotatable bonds is 8. The lowest BCUT2D eigenvalue weighted by atomic mass is 9.79. The van der Waals surface area contributed by atoms with Crippen LogP contribution in [0, 0.1) is 0 Å². The molecule has 1 atom stereocenters. The second kappa shape index (κ2) is 9.31. The van der Waals surface area contributed by atoms with E-state index in [1.807, 2.05) is 37.3 Å². The lowest BCUT2D eigenvalue weighted by molar-refractivity contribution is 0.234. The molecule has 0 radical (unpaired) electrons. The van der Waals surface area contributed by atoms with Crippen molar-refractivity contribution in [3.05, 3.63) is 59.7 Å². The molecule has 0 saturated heterocycles. The third kappa shape index (κ3) is 5.91. The van der Waals surface area contributed by atoms with Crippen LogP contribution in [0.15, 0.2) is 48.5 Å². The van der Waals surface area contributed by atoms with Gasteiger partial charge in [0.1, 0.15) is 11.5 Å². The minimum Gasteiger partial charge on any atom is -0.497 e. The Balaban J connectivity index is 1.88. The first-order valence-corrected chi connectivity index (χ1v) is 9.16. The van der Waals surface area contributed by atoms with Crippen molar-refractivity contribution >= 4 is 6.03 Å².